The van der Waals surface area contributed by atoms with Crippen molar-refractivity contribution in [3.63, 3.8) is 0 Å². The fourth-order valence-corrected chi connectivity index (χ4v) is 2.03. The molecule has 1 atom stereocenters. The summed E-state index contributed by atoms with van der Waals surface area (Å²) in [6, 6.07) is 3.35. The van der Waals surface area contributed by atoms with Gasteiger partial charge < -0.3 is 10.1 Å². The van der Waals surface area contributed by atoms with E-state index in [0.29, 0.717) is 18.7 Å². The molecule has 0 spiro atoms. The van der Waals surface area contributed by atoms with E-state index in [1.807, 2.05) is 13.0 Å². The number of benzene rings is 1. The fraction of sp³-hybridized carbons (Fsp3) is 0.455. The van der Waals surface area contributed by atoms with Gasteiger partial charge in [0, 0.05) is 23.1 Å². The van der Waals surface area contributed by atoms with Gasteiger partial charge in [-0.05, 0) is 24.6 Å². The summed E-state index contributed by atoms with van der Waals surface area (Å²) in [7, 11) is 0. The van der Waals surface area contributed by atoms with E-state index in [1.54, 1.807) is 0 Å². The lowest BCUT2D eigenvalue weighted by molar-refractivity contribution is 0.0255. The predicted octanol–water partition coefficient (Wildman–Crippen LogP) is 2.56. The van der Waals surface area contributed by atoms with E-state index in [0.717, 1.165) is 16.6 Å². The Morgan fingerprint density at radius 2 is 2.33 bits per heavy atom. The maximum absolute atomic E-state index is 13.7. The topological polar surface area (TPSA) is 21.3 Å². The third-order valence-corrected chi connectivity index (χ3v) is 3.41. The average Bonchev–Trinajstić information content (AvgIpc) is 2.25. The number of rotatable bonds is 1. The monoisotopic (exact) mass is 273 g/mol. The highest BCUT2D eigenvalue weighted by Gasteiger charge is 2.20. The zero-order chi connectivity index (χ0) is 10.8. The van der Waals surface area contributed by atoms with Crippen LogP contribution >= 0.6 is 15.9 Å². The SMILES string of the molecule is Cc1cc(F)c(C2CNCCO2)cc1Br. The van der Waals surface area contributed by atoms with E-state index in [4.69, 9.17) is 4.74 Å². The molecule has 0 amide bonds. The van der Waals surface area contributed by atoms with Gasteiger partial charge in [0.2, 0.25) is 0 Å². The van der Waals surface area contributed by atoms with Gasteiger partial charge in [0.15, 0.2) is 0 Å². The molecular formula is C11H13BrFNO. The predicted molar refractivity (Wildman–Crippen MR) is 60.4 cm³/mol. The highest BCUT2D eigenvalue weighted by Crippen LogP contribution is 2.27. The molecule has 0 bridgehead atoms. The van der Waals surface area contributed by atoms with Crippen molar-refractivity contribution < 1.29 is 9.13 Å². The maximum Gasteiger partial charge on any atom is 0.129 e. The summed E-state index contributed by atoms with van der Waals surface area (Å²) >= 11 is 3.40. The summed E-state index contributed by atoms with van der Waals surface area (Å²) in [5, 5.41) is 3.19. The lowest BCUT2D eigenvalue weighted by Gasteiger charge is -2.24. The van der Waals surface area contributed by atoms with Crippen molar-refractivity contribution in [3.05, 3.63) is 33.5 Å². The molecule has 1 aliphatic rings. The normalized spacial score (nSPS) is 21.7. The van der Waals surface area contributed by atoms with Crippen LogP contribution in [0.4, 0.5) is 4.39 Å². The second-order valence-electron chi connectivity index (χ2n) is 3.69. The van der Waals surface area contributed by atoms with Crippen LogP contribution in [0.2, 0.25) is 0 Å². The van der Waals surface area contributed by atoms with Crippen molar-refractivity contribution in [2.75, 3.05) is 19.7 Å². The van der Waals surface area contributed by atoms with Crippen molar-refractivity contribution in [1.82, 2.24) is 5.32 Å². The Morgan fingerprint density at radius 3 is 3.00 bits per heavy atom. The Kier molecular flexibility index (Phi) is 3.38. The lowest BCUT2D eigenvalue weighted by atomic mass is 10.1. The van der Waals surface area contributed by atoms with Crippen LogP contribution in [0.3, 0.4) is 0 Å². The van der Waals surface area contributed by atoms with Gasteiger partial charge in [-0.25, -0.2) is 4.39 Å². The summed E-state index contributed by atoms with van der Waals surface area (Å²) in [4.78, 5) is 0. The zero-order valence-corrected chi connectivity index (χ0v) is 10.1. The Morgan fingerprint density at radius 1 is 1.53 bits per heavy atom. The highest BCUT2D eigenvalue weighted by molar-refractivity contribution is 9.10. The van der Waals surface area contributed by atoms with Gasteiger partial charge in [0.25, 0.3) is 0 Å². The zero-order valence-electron chi connectivity index (χ0n) is 8.52. The number of hydrogen-bond donors (Lipinski definition) is 1. The second-order valence-corrected chi connectivity index (χ2v) is 4.54. The van der Waals surface area contributed by atoms with Crippen molar-refractivity contribution in [3.8, 4) is 0 Å². The van der Waals surface area contributed by atoms with Gasteiger partial charge in [-0.15, -0.1) is 0 Å². The number of nitrogens with one attached hydrogen (secondary N) is 1. The number of morpholine rings is 1. The van der Waals surface area contributed by atoms with Gasteiger partial charge in [-0.2, -0.15) is 0 Å². The lowest BCUT2D eigenvalue weighted by Crippen LogP contribution is -2.33. The first kappa shape index (κ1) is 11.0. The standard InChI is InChI=1S/C11H13BrFNO/c1-7-4-10(13)8(5-9(7)12)11-6-14-2-3-15-11/h4-5,11,14H,2-3,6H2,1H3. The molecule has 1 unspecified atom stereocenters. The fourth-order valence-electron chi connectivity index (χ4n) is 1.67. The van der Waals surface area contributed by atoms with E-state index < -0.39 is 0 Å². The third kappa shape index (κ3) is 2.38. The molecule has 0 aromatic heterocycles. The molecule has 82 valence electrons. The minimum absolute atomic E-state index is 0.171. The molecule has 2 rings (SSSR count). The minimum atomic E-state index is -0.190. The molecule has 4 heteroatoms. The molecule has 1 aliphatic heterocycles. The first-order valence-electron chi connectivity index (χ1n) is 4.96. The Balaban J connectivity index is 2.30. The minimum Gasteiger partial charge on any atom is -0.371 e. The Labute approximate surface area is 96.9 Å². The summed E-state index contributed by atoms with van der Waals surface area (Å²) < 4.78 is 20.1. The highest BCUT2D eigenvalue weighted by atomic mass is 79.9. The van der Waals surface area contributed by atoms with Crippen LogP contribution in [0.25, 0.3) is 0 Å². The molecule has 1 fully saturated rings. The first-order chi connectivity index (χ1) is 7.18. The van der Waals surface area contributed by atoms with Gasteiger partial charge >= 0.3 is 0 Å². The third-order valence-electron chi connectivity index (χ3n) is 2.55. The Bertz CT molecular complexity index is 364. The van der Waals surface area contributed by atoms with E-state index in [9.17, 15) is 4.39 Å². The van der Waals surface area contributed by atoms with E-state index in [-0.39, 0.29) is 11.9 Å². The largest absolute Gasteiger partial charge is 0.371 e. The van der Waals surface area contributed by atoms with Gasteiger partial charge in [-0.1, -0.05) is 15.9 Å². The van der Waals surface area contributed by atoms with Crippen molar-refractivity contribution in [2.24, 2.45) is 0 Å². The number of hydrogen-bond acceptors (Lipinski definition) is 2. The molecule has 0 aliphatic carbocycles. The Hall–Kier alpha value is -0.450. The van der Waals surface area contributed by atoms with Gasteiger partial charge in [0.05, 0.1) is 12.7 Å². The number of aryl methyl sites for hydroxylation is 1. The van der Waals surface area contributed by atoms with E-state index >= 15 is 0 Å². The van der Waals surface area contributed by atoms with Crippen LogP contribution in [0.5, 0.6) is 0 Å². The number of ether oxygens (including phenoxy) is 1. The molecule has 0 saturated carbocycles. The average molecular weight is 274 g/mol. The summed E-state index contributed by atoms with van der Waals surface area (Å²) in [6.45, 7) is 4.02. The van der Waals surface area contributed by atoms with Gasteiger partial charge in [-0.3, -0.25) is 0 Å². The molecule has 1 N–H and O–H groups in total. The van der Waals surface area contributed by atoms with E-state index in [1.165, 1.54) is 6.07 Å². The first-order valence-corrected chi connectivity index (χ1v) is 5.75. The summed E-state index contributed by atoms with van der Waals surface area (Å²) in [5.41, 5.74) is 1.53. The van der Waals surface area contributed by atoms with Crippen LogP contribution in [-0.2, 0) is 4.74 Å². The molecule has 1 aromatic carbocycles. The van der Waals surface area contributed by atoms with Crippen molar-refractivity contribution in [1.29, 1.82) is 0 Å². The van der Waals surface area contributed by atoms with Crippen LogP contribution in [0, 0.1) is 12.7 Å². The molecular weight excluding hydrogens is 261 g/mol. The maximum atomic E-state index is 13.7. The van der Waals surface area contributed by atoms with Crippen LogP contribution in [0.15, 0.2) is 16.6 Å². The quantitative estimate of drug-likeness (QED) is 0.849. The van der Waals surface area contributed by atoms with Crippen LogP contribution < -0.4 is 5.32 Å². The summed E-state index contributed by atoms with van der Waals surface area (Å²) in [5.74, 6) is -0.190. The van der Waals surface area contributed by atoms with Crippen molar-refractivity contribution >= 4 is 15.9 Å². The molecule has 15 heavy (non-hydrogen) atoms. The summed E-state index contributed by atoms with van der Waals surface area (Å²) in [6.07, 6.45) is -0.171. The van der Waals surface area contributed by atoms with Crippen molar-refractivity contribution in [2.45, 2.75) is 13.0 Å². The second kappa shape index (κ2) is 4.60. The van der Waals surface area contributed by atoms with E-state index in [2.05, 4.69) is 21.2 Å². The van der Waals surface area contributed by atoms with Gasteiger partial charge in [0.1, 0.15) is 5.82 Å². The molecule has 2 nitrogen and oxygen atoms in total. The smallest absolute Gasteiger partial charge is 0.129 e. The molecule has 0 radical (unpaired) electrons. The molecule has 1 aromatic rings. The molecule has 1 saturated heterocycles. The van der Waals surface area contributed by atoms with Crippen LogP contribution in [0.1, 0.15) is 17.2 Å². The van der Waals surface area contributed by atoms with Crippen LogP contribution in [-0.4, -0.2) is 19.7 Å². The molecule has 1 heterocycles. The number of halogens is 2.